The van der Waals surface area contributed by atoms with Gasteiger partial charge in [0.25, 0.3) is 22.2 Å². The molecule has 5 N–H and O–H groups in total. The molecule has 0 aliphatic rings. The van der Waals surface area contributed by atoms with Crippen LogP contribution < -0.4 is 49.5 Å². The van der Waals surface area contributed by atoms with Crippen molar-refractivity contribution in [1.82, 2.24) is 18.3 Å². The number of ether oxygens (including phenoxy) is 1. The van der Waals surface area contributed by atoms with Crippen molar-refractivity contribution in [2.75, 3.05) is 7.11 Å². The molecule has 37 heteroatoms. The van der Waals surface area contributed by atoms with Gasteiger partial charge in [-0.05, 0) is 192 Å². The fraction of sp³-hybridized carbons (Fsp3) is 0.0495. The molecule has 0 saturated carbocycles. The third-order valence-electron chi connectivity index (χ3n) is 21.6. The Morgan fingerprint density at radius 1 is 0.290 bits per heavy atom. The Hall–Kier alpha value is -14.8. The van der Waals surface area contributed by atoms with E-state index in [1.54, 1.807) is 127 Å². The van der Waals surface area contributed by atoms with E-state index < -0.39 is 113 Å². The zero-order valence-electron chi connectivity index (χ0n) is 70.3. The van der Waals surface area contributed by atoms with Gasteiger partial charge in [-0.15, -0.1) is 0 Å². The van der Waals surface area contributed by atoms with Gasteiger partial charge in [0.05, 0.1) is 65.1 Å². The summed E-state index contributed by atoms with van der Waals surface area (Å²) in [7, 11) is 1.49. The lowest BCUT2D eigenvalue weighted by molar-refractivity contribution is 0.404. The number of aromatic nitrogens is 4. The summed E-state index contributed by atoms with van der Waals surface area (Å²) in [6.45, 7) is 0.186. The summed E-state index contributed by atoms with van der Waals surface area (Å²) in [5, 5.41) is 56.4. The van der Waals surface area contributed by atoms with Crippen LogP contribution in [0.3, 0.4) is 0 Å². The Morgan fingerprint density at radius 3 is 0.848 bits per heavy atom. The Bertz CT molecular complexity index is 8650. The molecule has 8 heterocycles. The summed E-state index contributed by atoms with van der Waals surface area (Å²) in [5.74, 6) is -5.94. The van der Waals surface area contributed by atoms with Crippen LogP contribution in [0.1, 0.15) is 22.3 Å². The molecule has 0 atom stereocenters. The van der Waals surface area contributed by atoms with E-state index in [9.17, 15) is 94.6 Å². The molecule has 0 bridgehead atoms. The third kappa shape index (κ3) is 19.3. The van der Waals surface area contributed by atoms with Crippen LogP contribution in [0.25, 0.3) is 87.5 Å². The standard InChI is InChI=1S/C26H17ClFNO5S.C25H13ClF3NO4S.C25H14ClF2NO4S.C25H15ClFNO5S/c1-33-19-4-2-3-5-20(19)35-24-22(30)21-23(34-26(24)32)17-11-8-15(27)12-18(17)29(25(21)31)13-14-6-9-16(28)10-7-14;26-13-3-7-16-18(9-13)30(11-12-1-4-14(27)5-2-12)24(32)20-21(31)23(25(33)34-22(16)20)35-19-8-6-15(28)10-17(19)29;26-14-7-10-16-18(11-14)29(12-13-5-8-15(27)9-6-13)24(31)20-21(30)23(25(32)33-22(16)20)34-19-4-2-1-3-17(19)28;26-14-7-10-16-17(11-14)28(12-13-5-8-15(27)9-6-13)24(31)20-21(30)23(25(32)33-22(16)20)34-19-4-2-1-3-18(19)29/h2-12,30H,13H2,1H3;1-10,31H,11H2;1-11,30H,12H2;1-11,29-30H,12H2. The number of pyridine rings is 4. The SMILES string of the molecule is COc1ccccc1Sc1c(O)c2c(=O)n(Cc3ccc(F)cc3)c3cc(Cl)ccc3c2oc1=O.O=c1oc2c(c(O)c1Sc1ccc(F)cc1F)c(=O)n(Cc1ccc(F)cc1)c1cc(Cl)ccc21.O=c1oc2c(c(O)c1Sc1ccccc1F)c(=O)n(Cc1ccc(F)cc1)c1cc(Cl)ccc21.O=c1oc2c(c(O)c1Sc1ccccc1O)c(=O)n(Cc1ccc(F)cc1)c1cc(Cl)ccc21. The normalized spacial score (nSPS) is 11.4. The van der Waals surface area contributed by atoms with Crippen LogP contribution in [0.15, 0.2) is 356 Å². The Kier molecular flexibility index (Phi) is 27.4. The summed E-state index contributed by atoms with van der Waals surface area (Å²) in [5.41, 5.74) is -2.48. The lowest BCUT2D eigenvalue weighted by Crippen LogP contribution is -2.23. The van der Waals surface area contributed by atoms with Crippen molar-refractivity contribution in [2.45, 2.75) is 65.3 Å². The molecule has 0 aliphatic heterocycles. The van der Waals surface area contributed by atoms with Gasteiger partial charge in [0.2, 0.25) is 0 Å². The second-order valence-electron chi connectivity index (χ2n) is 30.3. The number of fused-ring (bicyclic) bond motifs is 12. The van der Waals surface area contributed by atoms with E-state index in [0.717, 1.165) is 35.7 Å². The average molecular weight is 2020 g/mol. The van der Waals surface area contributed by atoms with E-state index in [0.29, 0.717) is 131 Å². The van der Waals surface area contributed by atoms with Crippen LogP contribution in [-0.2, 0) is 26.2 Å². The first-order valence-corrected chi connectivity index (χ1v) is 45.4. The minimum Gasteiger partial charge on any atom is -0.507 e. The van der Waals surface area contributed by atoms with E-state index in [-0.39, 0.29) is 100 Å². The molecule has 22 nitrogen and oxygen atoms in total. The highest BCUT2D eigenvalue weighted by atomic mass is 35.5. The highest BCUT2D eigenvalue weighted by molar-refractivity contribution is 8.00. The molecule has 0 radical (unpaired) electrons. The molecule has 692 valence electrons. The number of phenols is 1. The zero-order chi connectivity index (χ0) is 97.5. The smallest absolute Gasteiger partial charge is 0.354 e. The fourth-order valence-electron chi connectivity index (χ4n) is 15.1. The van der Waals surface area contributed by atoms with Crippen LogP contribution in [-0.4, -0.2) is 50.9 Å². The maximum atomic E-state index is 14.2. The first-order chi connectivity index (χ1) is 66.2. The maximum Gasteiger partial charge on any atom is 0.354 e. The van der Waals surface area contributed by atoms with Gasteiger partial charge < -0.3 is 66.2 Å². The lowest BCUT2D eigenvalue weighted by atomic mass is 10.1. The lowest BCUT2D eigenvalue weighted by Gasteiger charge is -2.15. The van der Waals surface area contributed by atoms with E-state index >= 15 is 0 Å². The maximum absolute atomic E-state index is 14.2. The van der Waals surface area contributed by atoms with Crippen LogP contribution in [0, 0.1) is 40.7 Å². The number of methoxy groups -OCH3 is 1. The molecule has 20 aromatic rings. The molecule has 0 saturated heterocycles. The molecule has 20 rings (SSSR count). The Morgan fingerprint density at radius 2 is 0.551 bits per heavy atom. The molecule has 0 amide bonds. The van der Waals surface area contributed by atoms with Crippen LogP contribution in [0.2, 0.25) is 20.1 Å². The second-order valence-corrected chi connectivity index (χ2v) is 36.3. The number of hydrogen-bond acceptors (Lipinski definition) is 22. The summed E-state index contributed by atoms with van der Waals surface area (Å²) in [6.07, 6.45) is 0. The molecule has 0 spiro atoms. The van der Waals surface area contributed by atoms with Crippen LogP contribution in [0.5, 0.6) is 34.5 Å². The Balaban J connectivity index is 0.000000127. The molecule has 138 heavy (non-hydrogen) atoms. The molecular formula is C101H59Cl4F7N4O18S4. The van der Waals surface area contributed by atoms with Gasteiger partial charge in [-0.2, -0.15) is 0 Å². The number of benzene rings is 12. The van der Waals surface area contributed by atoms with E-state index in [1.165, 1.54) is 141 Å². The van der Waals surface area contributed by atoms with Crippen molar-refractivity contribution in [1.29, 1.82) is 0 Å². The van der Waals surface area contributed by atoms with Gasteiger partial charge in [0.15, 0.2) is 45.3 Å². The average Bonchev–Trinajstić information content (AvgIpc) is 0.746. The van der Waals surface area contributed by atoms with Crippen LogP contribution >= 0.6 is 93.5 Å². The summed E-state index contributed by atoms with van der Waals surface area (Å²) < 4.78 is 128. The zero-order valence-corrected chi connectivity index (χ0v) is 76.6. The topological polar surface area (TPSA) is 319 Å². The first-order valence-electron chi connectivity index (χ1n) is 40.6. The van der Waals surface area contributed by atoms with Crippen LogP contribution in [0.4, 0.5) is 30.7 Å². The number of halogens is 11. The van der Waals surface area contributed by atoms with Gasteiger partial charge in [0.1, 0.15) is 93.3 Å². The number of para-hydroxylation sites is 2. The largest absolute Gasteiger partial charge is 0.507 e. The number of nitrogens with zero attached hydrogens (tertiary/aromatic N) is 4. The summed E-state index contributed by atoms with van der Waals surface area (Å²) >= 11 is 27.6. The van der Waals surface area contributed by atoms with Gasteiger partial charge in [-0.1, -0.05) is 178 Å². The van der Waals surface area contributed by atoms with E-state index in [1.807, 2.05) is 0 Å². The van der Waals surface area contributed by atoms with Gasteiger partial charge in [-0.25, -0.2) is 49.9 Å². The van der Waals surface area contributed by atoms with Crippen molar-refractivity contribution in [3.63, 3.8) is 0 Å². The molecular weight excluding hydrogens is 1960 g/mol. The van der Waals surface area contributed by atoms with Crippen molar-refractivity contribution in [2.24, 2.45) is 0 Å². The molecule has 0 aliphatic carbocycles. The summed E-state index contributed by atoms with van der Waals surface area (Å²) in [6, 6.07) is 63.1. The molecule has 12 aromatic carbocycles. The quantitative estimate of drug-likeness (QED) is 0.0418. The van der Waals surface area contributed by atoms with Gasteiger partial charge >= 0.3 is 22.5 Å². The van der Waals surface area contributed by atoms with Gasteiger partial charge in [-0.3, -0.25) is 19.2 Å². The summed E-state index contributed by atoms with van der Waals surface area (Å²) in [4.78, 5) is 105. The Labute approximate surface area is 806 Å². The number of aromatic hydroxyl groups is 5. The molecule has 8 aromatic heterocycles. The minimum absolute atomic E-state index is 0.000468. The first kappa shape index (κ1) is 94.9. The minimum atomic E-state index is -1.00. The monoisotopic (exact) mass is 2020 g/mol. The van der Waals surface area contributed by atoms with Crippen molar-refractivity contribution in [3.05, 3.63) is 427 Å². The second kappa shape index (κ2) is 39.9. The number of hydrogen-bond donors (Lipinski definition) is 5. The van der Waals surface area contributed by atoms with Gasteiger partial charge in [0, 0.05) is 57.5 Å². The molecule has 0 fully saturated rings. The van der Waals surface area contributed by atoms with Crippen molar-refractivity contribution < 1.29 is 78.7 Å². The highest BCUT2D eigenvalue weighted by Crippen LogP contribution is 2.46. The number of rotatable bonds is 17. The van der Waals surface area contributed by atoms with Crippen molar-refractivity contribution >= 4 is 181 Å². The third-order valence-corrected chi connectivity index (χ3v) is 27.0. The van der Waals surface area contributed by atoms with E-state index in [4.69, 9.17) is 68.8 Å². The fourth-order valence-corrected chi connectivity index (χ4v) is 19.3. The highest BCUT2D eigenvalue weighted by Gasteiger charge is 2.30. The van der Waals surface area contributed by atoms with Crippen molar-refractivity contribution in [3.8, 4) is 34.5 Å². The number of phenolic OH excluding ortho intramolecular Hbond substituents is 1. The van der Waals surface area contributed by atoms with E-state index in [2.05, 4.69) is 0 Å². The predicted molar refractivity (Wildman–Crippen MR) is 516 cm³/mol. The predicted octanol–water partition coefficient (Wildman–Crippen LogP) is 23.4. The molecule has 0 unspecified atom stereocenters.